The second-order valence-electron chi connectivity index (χ2n) is 9.28. The van der Waals surface area contributed by atoms with Crippen LogP contribution in [0.2, 0.25) is 0 Å². The Balaban J connectivity index is 1.77. The van der Waals surface area contributed by atoms with E-state index in [0.717, 1.165) is 11.3 Å². The molecular weight excluding hydrogens is 434 g/mol. The van der Waals surface area contributed by atoms with E-state index in [2.05, 4.69) is 0 Å². The Hall–Kier alpha value is -1.79. The number of hydrogen-bond acceptors (Lipinski definition) is 9. The van der Waals surface area contributed by atoms with E-state index in [9.17, 15) is 30.3 Å². The molecular formula is C23H35NO9. The minimum Gasteiger partial charge on any atom is -0.497 e. The van der Waals surface area contributed by atoms with Crippen molar-refractivity contribution in [3.8, 4) is 5.75 Å². The van der Waals surface area contributed by atoms with Crippen molar-refractivity contribution in [3.05, 3.63) is 29.8 Å². The minimum absolute atomic E-state index is 0.235. The molecule has 3 rings (SSSR count). The van der Waals surface area contributed by atoms with Gasteiger partial charge in [0, 0.05) is 18.9 Å². The summed E-state index contributed by atoms with van der Waals surface area (Å²) in [6.07, 6.45) is -6.83. The van der Waals surface area contributed by atoms with Gasteiger partial charge in [-0.1, -0.05) is 12.1 Å². The Labute approximate surface area is 193 Å². The molecule has 1 aromatic carbocycles. The average Bonchev–Trinajstić information content (AvgIpc) is 2.77. The van der Waals surface area contributed by atoms with Gasteiger partial charge >= 0.3 is 5.97 Å². The third-order valence-corrected chi connectivity index (χ3v) is 6.57. The summed E-state index contributed by atoms with van der Waals surface area (Å²) in [5.41, 5.74) is -0.169. The van der Waals surface area contributed by atoms with E-state index in [0.29, 0.717) is 25.8 Å². The first-order valence-corrected chi connectivity index (χ1v) is 11.1. The van der Waals surface area contributed by atoms with Gasteiger partial charge < -0.3 is 44.6 Å². The van der Waals surface area contributed by atoms with Crippen molar-refractivity contribution in [1.29, 1.82) is 0 Å². The molecule has 33 heavy (non-hydrogen) atoms. The molecule has 0 bridgehead atoms. The fourth-order valence-electron chi connectivity index (χ4n) is 4.81. The van der Waals surface area contributed by atoms with Crippen molar-refractivity contribution >= 4 is 5.97 Å². The van der Waals surface area contributed by atoms with Crippen LogP contribution in [0, 0.1) is 0 Å². The maximum Gasteiger partial charge on any atom is 0.335 e. The molecule has 1 aromatic rings. The molecule has 1 saturated carbocycles. The molecule has 0 radical (unpaired) electrons. The van der Waals surface area contributed by atoms with Gasteiger partial charge in [0.15, 0.2) is 12.4 Å². The molecule has 186 valence electrons. The normalized spacial score (nSPS) is 35.9. The summed E-state index contributed by atoms with van der Waals surface area (Å²) < 4.78 is 16.4. The van der Waals surface area contributed by atoms with Crippen LogP contribution in [-0.2, 0) is 14.3 Å². The van der Waals surface area contributed by atoms with Crippen LogP contribution < -0.4 is 4.74 Å². The number of likely N-dealkylation sites (N-methyl/N-ethyl adjacent to an activating group) is 1. The van der Waals surface area contributed by atoms with Gasteiger partial charge in [-0.05, 0) is 51.1 Å². The highest BCUT2D eigenvalue weighted by Crippen LogP contribution is 2.42. The van der Waals surface area contributed by atoms with Crippen LogP contribution in [0.4, 0.5) is 0 Å². The van der Waals surface area contributed by atoms with Crippen molar-refractivity contribution in [2.24, 2.45) is 0 Å². The minimum atomic E-state index is -1.78. The van der Waals surface area contributed by atoms with Crippen LogP contribution >= 0.6 is 0 Å². The molecule has 1 heterocycles. The standard InChI is InChI=1S/C23H35NO9/c1-24(2)12-16(13-6-8-14(31-3)9-7-13)23(30)10-4-5-15(11-23)32-22-19(27)17(25)18(26)20(33-22)21(28)29/h6-9,15-20,22,25-27,30H,4-5,10-12H2,1-3H3,(H,28,29). The van der Waals surface area contributed by atoms with E-state index in [-0.39, 0.29) is 12.3 Å². The van der Waals surface area contributed by atoms with Crippen molar-refractivity contribution in [3.63, 3.8) is 0 Å². The molecule has 10 nitrogen and oxygen atoms in total. The number of methoxy groups -OCH3 is 1. The molecule has 5 N–H and O–H groups in total. The lowest BCUT2D eigenvalue weighted by atomic mass is 9.71. The Morgan fingerprint density at radius 2 is 1.85 bits per heavy atom. The van der Waals surface area contributed by atoms with E-state index in [1.165, 1.54) is 0 Å². The second-order valence-corrected chi connectivity index (χ2v) is 9.28. The third kappa shape index (κ3) is 5.83. The summed E-state index contributed by atoms with van der Waals surface area (Å²) in [5.74, 6) is -0.981. The van der Waals surface area contributed by atoms with E-state index >= 15 is 0 Å². The summed E-state index contributed by atoms with van der Waals surface area (Å²) in [5, 5.41) is 51.2. The molecule has 0 spiro atoms. The van der Waals surface area contributed by atoms with Gasteiger partial charge in [0.05, 0.1) is 18.8 Å². The maximum atomic E-state index is 11.7. The van der Waals surface area contributed by atoms with Crippen LogP contribution in [0.5, 0.6) is 5.75 Å². The van der Waals surface area contributed by atoms with Gasteiger partial charge in [0.25, 0.3) is 0 Å². The zero-order valence-electron chi connectivity index (χ0n) is 19.2. The number of aliphatic hydroxyl groups is 4. The molecule has 8 atom stereocenters. The quantitative estimate of drug-likeness (QED) is 0.350. The van der Waals surface area contributed by atoms with Crippen LogP contribution in [0.1, 0.15) is 37.2 Å². The van der Waals surface area contributed by atoms with E-state index in [1.54, 1.807) is 7.11 Å². The highest BCUT2D eigenvalue weighted by molar-refractivity contribution is 5.73. The molecule has 1 saturated heterocycles. The molecule has 1 aliphatic heterocycles. The number of rotatable bonds is 8. The third-order valence-electron chi connectivity index (χ3n) is 6.57. The number of carboxylic acid groups (broad SMARTS) is 1. The first-order chi connectivity index (χ1) is 15.6. The number of nitrogens with zero attached hydrogens (tertiary/aromatic N) is 1. The monoisotopic (exact) mass is 469 g/mol. The number of hydrogen-bond donors (Lipinski definition) is 5. The van der Waals surface area contributed by atoms with Crippen molar-refractivity contribution in [2.75, 3.05) is 27.7 Å². The van der Waals surface area contributed by atoms with Gasteiger partial charge in [-0.15, -0.1) is 0 Å². The fourth-order valence-corrected chi connectivity index (χ4v) is 4.81. The Morgan fingerprint density at radius 1 is 1.18 bits per heavy atom. The highest BCUT2D eigenvalue weighted by atomic mass is 16.7. The number of ether oxygens (including phenoxy) is 3. The van der Waals surface area contributed by atoms with Crippen LogP contribution in [0.15, 0.2) is 24.3 Å². The Kier molecular flexibility index (Phi) is 8.33. The first kappa shape index (κ1) is 25.8. The zero-order chi connectivity index (χ0) is 24.3. The number of aliphatic carboxylic acids is 1. The number of aliphatic hydroxyl groups excluding tert-OH is 3. The lowest BCUT2D eigenvalue weighted by Crippen LogP contribution is -2.61. The SMILES string of the molecule is COc1ccc(C(CN(C)C)C2(O)CCCC(OC3OC(C(=O)O)C(O)C(O)C3O)C2)cc1. The molecule has 2 aliphatic rings. The smallest absolute Gasteiger partial charge is 0.335 e. The van der Waals surface area contributed by atoms with Gasteiger partial charge in [0.2, 0.25) is 0 Å². The molecule has 2 fully saturated rings. The maximum absolute atomic E-state index is 11.7. The van der Waals surface area contributed by atoms with Crippen LogP contribution in [-0.4, -0.2) is 107 Å². The van der Waals surface area contributed by atoms with Crippen LogP contribution in [0.25, 0.3) is 0 Å². The van der Waals surface area contributed by atoms with E-state index in [4.69, 9.17) is 14.2 Å². The Morgan fingerprint density at radius 3 is 2.42 bits per heavy atom. The lowest BCUT2D eigenvalue weighted by Gasteiger charge is -2.45. The van der Waals surface area contributed by atoms with Crippen molar-refractivity contribution in [2.45, 2.75) is 74.0 Å². The Bertz CT molecular complexity index is 789. The van der Waals surface area contributed by atoms with Gasteiger partial charge in [-0.2, -0.15) is 0 Å². The van der Waals surface area contributed by atoms with Gasteiger partial charge in [0.1, 0.15) is 24.1 Å². The van der Waals surface area contributed by atoms with Crippen LogP contribution in [0.3, 0.4) is 0 Å². The first-order valence-electron chi connectivity index (χ1n) is 11.1. The lowest BCUT2D eigenvalue weighted by molar-refractivity contribution is -0.309. The summed E-state index contributed by atoms with van der Waals surface area (Å²) in [7, 11) is 5.46. The molecule has 0 amide bonds. The highest BCUT2D eigenvalue weighted by Gasteiger charge is 2.49. The predicted octanol–water partition coefficient (Wildman–Crippen LogP) is -0.0771. The van der Waals surface area contributed by atoms with Crippen molar-refractivity contribution < 1.29 is 44.5 Å². The fraction of sp³-hybridized carbons (Fsp3) is 0.696. The van der Waals surface area contributed by atoms with Gasteiger partial charge in [-0.25, -0.2) is 4.79 Å². The number of carbonyl (C=O) groups is 1. The van der Waals surface area contributed by atoms with E-state index in [1.807, 2.05) is 43.3 Å². The molecule has 10 heteroatoms. The number of benzene rings is 1. The summed E-state index contributed by atoms with van der Waals surface area (Å²) >= 11 is 0. The molecule has 1 aliphatic carbocycles. The number of carboxylic acids is 1. The summed E-state index contributed by atoms with van der Waals surface area (Å²) in [6.45, 7) is 0.587. The topological polar surface area (TPSA) is 149 Å². The molecule has 0 aromatic heterocycles. The van der Waals surface area contributed by atoms with Crippen molar-refractivity contribution in [1.82, 2.24) is 4.90 Å². The average molecular weight is 470 g/mol. The summed E-state index contributed by atoms with van der Waals surface area (Å²) in [6, 6.07) is 7.56. The van der Waals surface area contributed by atoms with E-state index < -0.39 is 48.4 Å². The summed E-state index contributed by atoms with van der Waals surface area (Å²) in [4.78, 5) is 13.4. The largest absolute Gasteiger partial charge is 0.497 e. The second kappa shape index (κ2) is 10.6. The van der Waals surface area contributed by atoms with Gasteiger partial charge in [-0.3, -0.25) is 0 Å². The predicted molar refractivity (Wildman–Crippen MR) is 117 cm³/mol. The zero-order valence-corrected chi connectivity index (χ0v) is 19.2. The molecule has 8 unspecified atom stereocenters.